The number of hydrogen-bond acceptors (Lipinski definition) is 0. The summed E-state index contributed by atoms with van der Waals surface area (Å²) in [5.41, 5.74) is 16.3. The minimum absolute atomic E-state index is 0. The molecular formula is C43H48Cl2Zr. The Labute approximate surface area is 298 Å². The molecule has 2 aliphatic carbocycles. The molecule has 0 nitrogen and oxygen atoms in total. The molecule has 6 rings (SSSR count). The van der Waals surface area contributed by atoms with Gasteiger partial charge in [0.05, 0.1) is 0 Å². The van der Waals surface area contributed by atoms with E-state index in [0.717, 1.165) is 6.42 Å². The second-order valence-electron chi connectivity index (χ2n) is 14.2. The van der Waals surface area contributed by atoms with Gasteiger partial charge in [-0.15, -0.1) is 0 Å². The average molecular weight is 727 g/mol. The Morgan fingerprint density at radius 2 is 1.33 bits per heavy atom. The van der Waals surface area contributed by atoms with Crippen LogP contribution in [0.3, 0.4) is 0 Å². The van der Waals surface area contributed by atoms with E-state index in [1.165, 1.54) is 74.9 Å². The Bertz CT molecular complexity index is 1780. The minimum atomic E-state index is -2.85. The van der Waals surface area contributed by atoms with Gasteiger partial charge in [0, 0.05) is 0 Å². The van der Waals surface area contributed by atoms with Crippen molar-refractivity contribution >= 4 is 6.48 Å². The molecule has 0 heterocycles. The molecule has 0 saturated carbocycles. The molecule has 0 aromatic heterocycles. The first-order valence-corrected chi connectivity index (χ1v) is 20.3. The fourth-order valence-electron chi connectivity index (χ4n) is 7.29. The van der Waals surface area contributed by atoms with E-state index >= 15 is 0 Å². The molecule has 3 heteroatoms. The Kier molecular flexibility index (Phi) is 11.8. The van der Waals surface area contributed by atoms with Crippen LogP contribution in [0.1, 0.15) is 91.5 Å². The van der Waals surface area contributed by atoms with Crippen molar-refractivity contribution in [1.82, 2.24) is 0 Å². The third kappa shape index (κ3) is 6.95. The number of aryl methyl sites for hydroxylation is 3. The van der Waals surface area contributed by atoms with E-state index in [1.54, 1.807) is 15.3 Å². The first kappa shape index (κ1) is 36.5. The first-order chi connectivity index (χ1) is 21.1. The number of rotatable bonds is 7. The van der Waals surface area contributed by atoms with Crippen molar-refractivity contribution in [2.45, 2.75) is 81.1 Å². The third-order valence-electron chi connectivity index (χ3n) is 10.1. The predicted molar refractivity (Wildman–Crippen MR) is 188 cm³/mol. The normalized spacial score (nSPS) is 14.6. The molecule has 2 aliphatic rings. The van der Waals surface area contributed by atoms with E-state index in [1.807, 2.05) is 0 Å². The smallest absolute Gasteiger partial charge is 1.00 e. The van der Waals surface area contributed by atoms with Crippen LogP contribution in [0.25, 0.3) is 11.1 Å². The number of hydrogen-bond donors (Lipinski definition) is 0. The van der Waals surface area contributed by atoms with Gasteiger partial charge in [-0.2, -0.15) is 0 Å². The van der Waals surface area contributed by atoms with Crippen LogP contribution in [0.15, 0.2) is 99.9 Å². The van der Waals surface area contributed by atoms with Crippen molar-refractivity contribution in [3.63, 3.8) is 0 Å². The monoisotopic (exact) mass is 724 g/mol. The van der Waals surface area contributed by atoms with Crippen LogP contribution in [0.4, 0.5) is 0 Å². The van der Waals surface area contributed by atoms with Gasteiger partial charge >= 0.3 is 276 Å². The Balaban J connectivity index is 0.00000240. The number of fused-ring (bicyclic) bond motifs is 3. The molecule has 0 N–H and O–H groups in total. The molecule has 4 aromatic rings. The maximum Gasteiger partial charge on any atom is -1.00 e. The molecule has 0 saturated heterocycles. The second kappa shape index (κ2) is 14.9. The van der Waals surface area contributed by atoms with Crippen molar-refractivity contribution in [3.05, 3.63) is 144 Å². The van der Waals surface area contributed by atoms with Gasteiger partial charge in [0.2, 0.25) is 0 Å². The molecule has 1 unspecified atom stereocenters. The Hall–Kier alpha value is -2.31. The van der Waals surface area contributed by atoms with Crippen LogP contribution in [0.5, 0.6) is 0 Å². The van der Waals surface area contributed by atoms with Gasteiger partial charge in [0.25, 0.3) is 0 Å². The largest absolute Gasteiger partial charge is 1.00 e. The van der Waals surface area contributed by atoms with Crippen LogP contribution < -0.4 is 28.1 Å². The second-order valence-corrected chi connectivity index (χ2v) is 19.9. The van der Waals surface area contributed by atoms with E-state index in [2.05, 4.69) is 146 Å². The number of benzene rings is 4. The van der Waals surface area contributed by atoms with Crippen molar-refractivity contribution in [3.8, 4) is 11.1 Å². The number of halogens is 2. The van der Waals surface area contributed by atoms with Crippen molar-refractivity contribution in [2.24, 2.45) is 11.3 Å². The summed E-state index contributed by atoms with van der Waals surface area (Å²) in [4.78, 5) is 0. The van der Waals surface area contributed by atoms with Gasteiger partial charge in [-0.25, -0.2) is 0 Å². The average Bonchev–Trinajstić information content (AvgIpc) is 3.58. The first-order valence-electron chi connectivity index (χ1n) is 16.6. The van der Waals surface area contributed by atoms with Crippen molar-refractivity contribution in [2.75, 3.05) is 0 Å². The molecule has 0 fully saturated rings. The Morgan fingerprint density at radius 3 is 1.89 bits per heavy atom. The topological polar surface area (TPSA) is 0 Å². The molecule has 4 aromatic carbocycles. The zero-order valence-corrected chi connectivity index (χ0v) is 32.8. The van der Waals surface area contributed by atoms with Crippen LogP contribution in [-0.2, 0) is 27.7 Å². The van der Waals surface area contributed by atoms with E-state index in [4.69, 9.17) is 0 Å². The van der Waals surface area contributed by atoms with E-state index in [-0.39, 0.29) is 30.2 Å². The number of allylic oxidation sites excluding steroid dienone is 4. The van der Waals surface area contributed by atoms with Gasteiger partial charge in [-0.1, -0.05) is 0 Å². The SMILES string of the molecule is CCCCC1C=C(C(C)(C)C)C=[C]1[Zr+2](=[C](c1ccccc1)c1ccccc1)[c]1c(C)c(C)cc2c1Cc1cc(C)c(C)cc1-2.[Cl-].[Cl-]. The summed E-state index contributed by atoms with van der Waals surface area (Å²) >= 11 is -2.85. The van der Waals surface area contributed by atoms with Crippen LogP contribution in [0, 0.1) is 39.0 Å². The van der Waals surface area contributed by atoms with Crippen LogP contribution >= 0.6 is 0 Å². The van der Waals surface area contributed by atoms with Gasteiger partial charge < -0.3 is 24.8 Å². The van der Waals surface area contributed by atoms with Crippen molar-refractivity contribution < 1.29 is 46.1 Å². The molecule has 0 bridgehead atoms. The molecule has 238 valence electrons. The molecular weight excluding hydrogens is 679 g/mol. The van der Waals surface area contributed by atoms with E-state index in [0.29, 0.717) is 5.92 Å². The van der Waals surface area contributed by atoms with E-state index in [9.17, 15) is 0 Å². The summed E-state index contributed by atoms with van der Waals surface area (Å²) in [7, 11) is 0. The fourth-order valence-corrected chi connectivity index (χ4v) is 16.5. The van der Waals surface area contributed by atoms with Gasteiger partial charge in [0.15, 0.2) is 0 Å². The summed E-state index contributed by atoms with van der Waals surface area (Å²) < 4.78 is 5.13. The molecule has 0 aliphatic heterocycles. The minimum Gasteiger partial charge on any atom is -1.00 e. The molecule has 0 radical (unpaired) electrons. The van der Waals surface area contributed by atoms with E-state index < -0.39 is 21.3 Å². The van der Waals surface area contributed by atoms with Crippen LogP contribution in [0.2, 0.25) is 0 Å². The summed E-state index contributed by atoms with van der Waals surface area (Å²) in [6, 6.07) is 30.3. The fraction of sp³-hybridized carbons (Fsp3) is 0.326. The zero-order chi connectivity index (χ0) is 31.2. The van der Waals surface area contributed by atoms with Gasteiger partial charge in [0.1, 0.15) is 0 Å². The Morgan fingerprint density at radius 1 is 0.761 bits per heavy atom. The number of unbranched alkanes of at least 4 members (excludes halogenated alkanes) is 1. The summed E-state index contributed by atoms with van der Waals surface area (Å²) in [5, 5.41) is 0. The molecule has 0 spiro atoms. The summed E-state index contributed by atoms with van der Waals surface area (Å²) in [6.07, 6.45) is 10.2. The molecule has 0 amide bonds. The maximum atomic E-state index is 2.70. The third-order valence-corrected chi connectivity index (χ3v) is 18.3. The quantitative estimate of drug-likeness (QED) is 0.229. The van der Waals surface area contributed by atoms with Crippen LogP contribution in [-0.4, -0.2) is 3.21 Å². The van der Waals surface area contributed by atoms with Gasteiger partial charge in [-0.05, 0) is 0 Å². The standard InChI is InChI=1S/C17H17.C13H10.C13H21.2ClH.Zr/c1-10-5-14-9-15-6-11(2)13(4)8-17(15)16(14)7-12(10)3;1-3-7-12(8-4-1)11-13-9-5-2-6-10-13;1-5-6-7-11-8-9-12(10-11)13(2,3)4;;;/h5,7-8H,9H2,1-4H3;1-10H;9-11H,5-7H2,1-4H3;2*1H;/q;;;;;+2/p-2. The van der Waals surface area contributed by atoms with Crippen molar-refractivity contribution in [1.29, 1.82) is 0 Å². The molecule has 1 atom stereocenters. The predicted octanol–water partition coefficient (Wildman–Crippen LogP) is 4.69. The summed E-state index contributed by atoms with van der Waals surface area (Å²) in [5.74, 6) is 0.518. The molecule has 46 heavy (non-hydrogen) atoms. The zero-order valence-electron chi connectivity index (χ0n) is 28.8. The maximum absolute atomic E-state index is 2.85. The summed E-state index contributed by atoms with van der Waals surface area (Å²) in [6.45, 7) is 18.9. The van der Waals surface area contributed by atoms with Gasteiger partial charge in [-0.3, -0.25) is 0 Å².